The summed E-state index contributed by atoms with van der Waals surface area (Å²) in [6.45, 7) is 6.44. The molecule has 0 bridgehead atoms. The Labute approximate surface area is 112 Å². The molecule has 100 valence electrons. The summed E-state index contributed by atoms with van der Waals surface area (Å²) in [5.74, 6) is 0. The molecule has 1 N–H and O–H groups in total. The second-order valence-corrected chi connectivity index (χ2v) is 5.66. The molecule has 0 spiro atoms. The van der Waals surface area contributed by atoms with Crippen LogP contribution in [0.4, 0.5) is 0 Å². The van der Waals surface area contributed by atoms with Gasteiger partial charge in [-0.05, 0) is 30.2 Å². The van der Waals surface area contributed by atoms with E-state index in [2.05, 4.69) is 57.2 Å². The zero-order valence-corrected chi connectivity index (χ0v) is 11.9. The molecule has 0 aromatic heterocycles. The van der Waals surface area contributed by atoms with Crippen LogP contribution < -0.4 is 0 Å². The first-order valence-corrected chi connectivity index (χ1v) is 6.93. The van der Waals surface area contributed by atoms with Crippen LogP contribution in [-0.4, -0.2) is 11.2 Å². The highest BCUT2D eigenvalue weighted by Gasteiger charge is 2.26. The summed E-state index contributed by atoms with van der Waals surface area (Å²) in [7, 11) is 0. The molecule has 0 amide bonds. The van der Waals surface area contributed by atoms with E-state index in [0.717, 1.165) is 19.3 Å². The van der Waals surface area contributed by atoms with Crippen LogP contribution in [0.3, 0.4) is 0 Å². The van der Waals surface area contributed by atoms with Gasteiger partial charge < -0.3 is 5.11 Å². The van der Waals surface area contributed by atoms with Gasteiger partial charge in [0.1, 0.15) is 0 Å². The Morgan fingerprint density at radius 1 is 1.17 bits per heavy atom. The zero-order chi connectivity index (χ0) is 13.4. The van der Waals surface area contributed by atoms with Crippen molar-refractivity contribution < 1.29 is 5.11 Å². The first kappa shape index (κ1) is 15.0. The molecule has 0 saturated carbocycles. The van der Waals surface area contributed by atoms with Crippen LogP contribution in [0.25, 0.3) is 0 Å². The minimum atomic E-state index is -0.286. The number of aliphatic hydroxyl groups excluding tert-OH is 1. The molecule has 1 aromatic carbocycles. The van der Waals surface area contributed by atoms with E-state index in [9.17, 15) is 5.11 Å². The van der Waals surface area contributed by atoms with Crippen molar-refractivity contribution >= 4 is 0 Å². The van der Waals surface area contributed by atoms with E-state index >= 15 is 0 Å². The van der Waals surface area contributed by atoms with Crippen LogP contribution >= 0.6 is 0 Å². The van der Waals surface area contributed by atoms with E-state index in [1.165, 1.54) is 12.0 Å². The Hall–Kier alpha value is -1.08. The van der Waals surface area contributed by atoms with Gasteiger partial charge in [-0.1, -0.05) is 69.7 Å². The molecule has 0 unspecified atom stereocenters. The second kappa shape index (κ2) is 7.38. The molecule has 0 aliphatic heterocycles. The van der Waals surface area contributed by atoms with Gasteiger partial charge in [0.15, 0.2) is 0 Å². The van der Waals surface area contributed by atoms with Crippen LogP contribution in [-0.2, 0) is 6.42 Å². The second-order valence-electron chi connectivity index (χ2n) is 5.66. The molecule has 0 heterocycles. The van der Waals surface area contributed by atoms with Crippen molar-refractivity contribution in [1.82, 2.24) is 0 Å². The molecule has 0 saturated heterocycles. The number of aliphatic hydroxyl groups is 1. The van der Waals surface area contributed by atoms with E-state index in [4.69, 9.17) is 0 Å². The maximum absolute atomic E-state index is 10.3. The van der Waals surface area contributed by atoms with Gasteiger partial charge >= 0.3 is 0 Å². The zero-order valence-electron chi connectivity index (χ0n) is 11.9. The highest BCUT2D eigenvalue weighted by atomic mass is 16.3. The molecular weight excluding hydrogens is 220 g/mol. The van der Waals surface area contributed by atoms with Gasteiger partial charge in [0, 0.05) is 0 Å². The van der Waals surface area contributed by atoms with Gasteiger partial charge in [-0.3, -0.25) is 0 Å². The summed E-state index contributed by atoms with van der Waals surface area (Å²) in [4.78, 5) is 0. The van der Waals surface area contributed by atoms with Crippen molar-refractivity contribution in [2.24, 2.45) is 5.41 Å². The summed E-state index contributed by atoms with van der Waals surface area (Å²) < 4.78 is 0. The summed E-state index contributed by atoms with van der Waals surface area (Å²) in [6, 6.07) is 10.4. The number of unbranched alkanes of at least 4 members (excludes halogenated alkanes) is 1. The Morgan fingerprint density at radius 2 is 1.83 bits per heavy atom. The van der Waals surface area contributed by atoms with Gasteiger partial charge in [-0.2, -0.15) is 0 Å². The maximum atomic E-state index is 10.3. The predicted molar refractivity (Wildman–Crippen MR) is 78.6 cm³/mol. The van der Waals surface area contributed by atoms with Crippen LogP contribution in [0.1, 0.15) is 45.6 Å². The lowest BCUT2D eigenvalue weighted by molar-refractivity contribution is 0.0529. The van der Waals surface area contributed by atoms with Crippen molar-refractivity contribution in [3.8, 4) is 0 Å². The maximum Gasteiger partial charge on any atom is 0.0628 e. The van der Waals surface area contributed by atoms with E-state index in [1.54, 1.807) is 0 Å². The molecular formula is C17H26O. The number of allylic oxidation sites excluding steroid dienone is 1. The van der Waals surface area contributed by atoms with Gasteiger partial charge in [0.2, 0.25) is 0 Å². The molecule has 0 aliphatic rings. The lowest BCUT2D eigenvalue weighted by atomic mass is 9.79. The normalized spacial score (nSPS) is 14.0. The highest BCUT2D eigenvalue weighted by molar-refractivity contribution is 5.16. The average Bonchev–Trinajstić information content (AvgIpc) is 2.35. The SMILES string of the molecule is CCC/C=C/C[C@H](O)C(C)(C)Cc1ccccc1. The van der Waals surface area contributed by atoms with Gasteiger partial charge in [0.05, 0.1) is 6.10 Å². The van der Waals surface area contributed by atoms with Crippen LogP contribution in [0.5, 0.6) is 0 Å². The molecule has 1 aromatic rings. The monoisotopic (exact) mass is 246 g/mol. The molecule has 18 heavy (non-hydrogen) atoms. The quantitative estimate of drug-likeness (QED) is 0.709. The van der Waals surface area contributed by atoms with Crippen LogP contribution in [0.2, 0.25) is 0 Å². The molecule has 0 fully saturated rings. The van der Waals surface area contributed by atoms with Crippen molar-refractivity contribution in [3.63, 3.8) is 0 Å². The third-order valence-corrected chi connectivity index (χ3v) is 3.39. The lowest BCUT2D eigenvalue weighted by Crippen LogP contribution is -2.31. The Kier molecular flexibility index (Phi) is 6.14. The van der Waals surface area contributed by atoms with Crippen molar-refractivity contribution in [2.75, 3.05) is 0 Å². The minimum absolute atomic E-state index is 0.0854. The molecule has 0 radical (unpaired) electrons. The Balaban J connectivity index is 2.51. The Morgan fingerprint density at radius 3 is 2.44 bits per heavy atom. The van der Waals surface area contributed by atoms with Crippen molar-refractivity contribution in [1.29, 1.82) is 0 Å². The van der Waals surface area contributed by atoms with E-state index in [-0.39, 0.29) is 11.5 Å². The summed E-state index contributed by atoms with van der Waals surface area (Å²) in [5, 5.41) is 10.3. The number of benzene rings is 1. The van der Waals surface area contributed by atoms with Gasteiger partial charge in [0.25, 0.3) is 0 Å². The third kappa shape index (κ3) is 5.05. The summed E-state index contributed by atoms with van der Waals surface area (Å²) in [5.41, 5.74) is 1.21. The topological polar surface area (TPSA) is 20.2 Å². The highest BCUT2D eigenvalue weighted by Crippen LogP contribution is 2.28. The van der Waals surface area contributed by atoms with Gasteiger partial charge in [-0.25, -0.2) is 0 Å². The lowest BCUT2D eigenvalue weighted by Gasteiger charge is -2.30. The first-order valence-electron chi connectivity index (χ1n) is 6.93. The molecule has 0 aliphatic carbocycles. The summed E-state index contributed by atoms with van der Waals surface area (Å²) >= 11 is 0. The number of hydrogen-bond acceptors (Lipinski definition) is 1. The van der Waals surface area contributed by atoms with E-state index < -0.39 is 0 Å². The largest absolute Gasteiger partial charge is 0.392 e. The van der Waals surface area contributed by atoms with Crippen LogP contribution in [0, 0.1) is 5.41 Å². The van der Waals surface area contributed by atoms with E-state index in [0.29, 0.717) is 0 Å². The predicted octanol–water partition coefficient (Wildman–Crippen LogP) is 4.36. The molecule has 1 atom stereocenters. The van der Waals surface area contributed by atoms with Crippen molar-refractivity contribution in [3.05, 3.63) is 48.0 Å². The fourth-order valence-electron chi connectivity index (χ4n) is 2.07. The molecule has 1 rings (SSSR count). The number of rotatable bonds is 7. The first-order chi connectivity index (χ1) is 8.56. The van der Waals surface area contributed by atoms with E-state index in [1.807, 2.05) is 6.07 Å². The van der Waals surface area contributed by atoms with Crippen molar-refractivity contribution in [2.45, 2.75) is 52.6 Å². The van der Waals surface area contributed by atoms with Crippen LogP contribution in [0.15, 0.2) is 42.5 Å². The average molecular weight is 246 g/mol. The minimum Gasteiger partial charge on any atom is -0.392 e. The molecule has 1 nitrogen and oxygen atoms in total. The third-order valence-electron chi connectivity index (χ3n) is 3.39. The Bertz CT molecular complexity index is 351. The number of hydrogen-bond donors (Lipinski definition) is 1. The fraction of sp³-hybridized carbons (Fsp3) is 0.529. The fourth-order valence-corrected chi connectivity index (χ4v) is 2.07. The molecule has 1 heteroatoms. The standard InChI is InChI=1S/C17H26O/c1-4-5-6-10-13-16(18)17(2,3)14-15-11-8-7-9-12-15/h6-12,16,18H,4-5,13-14H2,1-3H3/b10-6+/t16-/m0/s1. The summed E-state index contributed by atoms with van der Waals surface area (Å²) in [6.07, 6.45) is 7.93. The van der Waals surface area contributed by atoms with Gasteiger partial charge in [-0.15, -0.1) is 0 Å². The smallest absolute Gasteiger partial charge is 0.0628 e.